The molecule has 2 aromatic carbocycles. The molecule has 1 amide bonds. The first-order chi connectivity index (χ1) is 14.0. The van der Waals surface area contributed by atoms with Crippen LogP contribution in [0.4, 0.5) is 5.69 Å². The van der Waals surface area contributed by atoms with Crippen molar-refractivity contribution >= 4 is 23.4 Å². The summed E-state index contributed by atoms with van der Waals surface area (Å²) in [5.74, 6) is 0.572. The molecule has 0 aliphatic carbocycles. The topological polar surface area (TPSA) is 84.1 Å². The standard InChI is InChI=1S/C22H23N3O3S/c1-3-19(21(27)23-16-11-9-15(2)10-12-16)29-22-24-17(13-20(26)25-22)14-28-18-7-5-4-6-8-18/h4-13,19H,3,14H2,1-2H3,(H,23,27)(H,24,25,26). The highest BCUT2D eigenvalue weighted by atomic mass is 32.2. The normalized spacial score (nSPS) is 11.7. The first kappa shape index (κ1) is 20.7. The van der Waals surface area contributed by atoms with Gasteiger partial charge in [0.25, 0.3) is 5.56 Å². The van der Waals surface area contributed by atoms with Crippen LogP contribution >= 0.6 is 11.8 Å². The van der Waals surface area contributed by atoms with Gasteiger partial charge in [0.15, 0.2) is 5.16 Å². The Kier molecular flexibility index (Phi) is 7.08. The summed E-state index contributed by atoms with van der Waals surface area (Å²) < 4.78 is 5.67. The lowest BCUT2D eigenvalue weighted by molar-refractivity contribution is -0.115. The molecule has 0 saturated heterocycles. The molecule has 0 saturated carbocycles. The van der Waals surface area contributed by atoms with E-state index in [2.05, 4.69) is 15.3 Å². The Morgan fingerprint density at radius 3 is 2.59 bits per heavy atom. The summed E-state index contributed by atoms with van der Waals surface area (Å²) in [5.41, 5.74) is 2.10. The number of nitrogens with zero attached hydrogens (tertiary/aromatic N) is 1. The first-order valence-corrected chi connectivity index (χ1v) is 10.2. The lowest BCUT2D eigenvalue weighted by atomic mass is 10.2. The number of para-hydroxylation sites is 1. The molecule has 1 aromatic heterocycles. The zero-order chi connectivity index (χ0) is 20.6. The number of carbonyl (C=O) groups excluding carboxylic acids is 1. The molecule has 0 aliphatic rings. The summed E-state index contributed by atoms with van der Waals surface area (Å²) >= 11 is 1.23. The van der Waals surface area contributed by atoms with Crippen molar-refractivity contribution in [2.45, 2.75) is 37.3 Å². The van der Waals surface area contributed by atoms with Gasteiger partial charge in [0, 0.05) is 11.8 Å². The largest absolute Gasteiger partial charge is 0.487 e. The van der Waals surface area contributed by atoms with Crippen LogP contribution in [0, 0.1) is 6.92 Å². The van der Waals surface area contributed by atoms with E-state index in [0.29, 0.717) is 23.0 Å². The highest BCUT2D eigenvalue weighted by molar-refractivity contribution is 8.00. The second-order valence-corrected chi connectivity index (χ2v) is 7.71. The molecule has 0 fully saturated rings. The van der Waals surface area contributed by atoms with Gasteiger partial charge in [-0.1, -0.05) is 54.6 Å². The molecule has 1 heterocycles. The second kappa shape index (κ2) is 9.93. The van der Waals surface area contributed by atoms with Gasteiger partial charge in [-0.3, -0.25) is 9.59 Å². The molecule has 29 heavy (non-hydrogen) atoms. The zero-order valence-corrected chi connectivity index (χ0v) is 17.2. The molecule has 150 valence electrons. The number of nitrogens with one attached hydrogen (secondary N) is 2. The van der Waals surface area contributed by atoms with Crippen LogP contribution in [0.2, 0.25) is 0 Å². The Morgan fingerprint density at radius 1 is 1.17 bits per heavy atom. The number of ether oxygens (including phenoxy) is 1. The maximum absolute atomic E-state index is 12.6. The van der Waals surface area contributed by atoms with Gasteiger partial charge < -0.3 is 15.0 Å². The Balaban J connectivity index is 1.66. The fourth-order valence-electron chi connectivity index (χ4n) is 2.60. The van der Waals surface area contributed by atoms with Crippen LogP contribution in [-0.4, -0.2) is 21.1 Å². The molecule has 3 aromatic rings. The SMILES string of the molecule is CCC(Sc1nc(COc2ccccc2)cc(=O)[nH]1)C(=O)Nc1ccc(C)cc1. The van der Waals surface area contributed by atoms with E-state index in [1.165, 1.54) is 17.8 Å². The summed E-state index contributed by atoms with van der Waals surface area (Å²) in [6.07, 6.45) is 0.594. The van der Waals surface area contributed by atoms with Gasteiger partial charge in [0.1, 0.15) is 12.4 Å². The summed E-state index contributed by atoms with van der Waals surface area (Å²) in [6, 6.07) is 18.4. The maximum atomic E-state index is 12.6. The lowest BCUT2D eigenvalue weighted by Crippen LogP contribution is -2.25. The van der Waals surface area contributed by atoms with E-state index in [0.717, 1.165) is 11.3 Å². The fourth-order valence-corrected chi connectivity index (χ4v) is 3.54. The average molecular weight is 410 g/mol. The molecule has 0 radical (unpaired) electrons. The number of anilines is 1. The number of thioether (sulfide) groups is 1. The van der Waals surface area contributed by atoms with E-state index in [4.69, 9.17) is 4.74 Å². The number of carbonyl (C=O) groups is 1. The summed E-state index contributed by atoms with van der Waals surface area (Å²) in [4.78, 5) is 31.8. The Morgan fingerprint density at radius 2 is 1.90 bits per heavy atom. The van der Waals surface area contributed by atoms with Crippen LogP contribution in [0.5, 0.6) is 5.75 Å². The predicted molar refractivity (Wildman–Crippen MR) is 115 cm³/mol. The van der Waals surface area contributed by atoms with Crippen LogP contribution in [0.1, 0.15) is 24.6 Å². The maximum Gasteiger partial charge on any atom is 0.251 e. The molecule has 1 unspecified atom stereocenters. The van der Waals surface area contributed by atoms with Crippen molar-refractivity contribution in [1.29, 1.82) is 0 Å². The molecular weight excluding hydrogens is 386 g/mol. The van der Waals surface area contributed by atoms with E-state index in [-0.39, 0.29) is 23.3 Å². The lowest BCUT2D eigenvalue weighted by Gasteiger charge is -2.14. The third kappa shape index (κ3) is 6.22. The predicted octanol–water partition coefficient (Wildman–Crippen LogP) is 4.17. The van der Waals surface area contributed by atoms with Gasteiger partial charge in [-0.25, -0.2) is 4.98 Å². The van der Waals surface area contributed by atoms with Gasteiger partial charge in [0.05, 0.1) is 10.9 Å². The average Bonchev–Trinajstić information content (AvgIpc) is 2.72. The van der Waals surface area contributed by atoms with Crippen LogP contribution in [0.3, 0.4) is 0 Å². The summed E-state index contributed by atoms with van der Waals surface area (Å²) in [7, 11) is 0. The van der Waals surface area contributed by atoms with Crippen molar-refractivity contribution in [2.24, 2.45) is 0 Å². The summed E-state index contributed by atoms with van der Waals surface area (Å²) in [5, 5.41) is 2.93. The molecule has 0 bridgehead atoms. The number of aromatic nitrogens is 2. The fraction of sp³-hybridized carbons (Fsp3) is 0.227. The number of benzene rings is 2. The number of aromatic amines is 1. The number of rotatable bonds is 8. The molecule has 0 spiro atoms. The minimum absolute atomic E-state index is 0.130. The Hall–Kier alpha value is -3.06. The number of hydrogen-bond acceptors (Lipinski definition) is 5. The number of hydrogen-bond donors (Lipinski definition) is 2. The van der Waals surface area contributed by atoms with E-state index in [9.17, 15) is 9.59 Å². The highest BCUT2D eigenvalue weighted by Crippen LogP contribution is 2.23. The number of aryl methyl sites for hydroxylation is 1. The number of amides is 1. The molecule has 6 nitrogen and oxygen atoms in total. The van der Waals surface area contributed by atoms with Crippen LogP contribution in [-0.2, 0) is 11.4 Å². The molecule has 2 N–H and O–H groups in total. The van der Waals surface area contributed by atoms with Crippen molar-refractivity contribution in [3.63, 3.8) is 0 Å². The quantitative estimate of drug-likeness (QED) is 0.431. The van der Waals surface area contributed by atoms with Gasteiger partial charge in [-0.05, 0) is 37.6 Å². The second-order valence-electron chi connectivity index (χ2n) is 6.51. The van der Waals surface area contributed by atoms with Crippen LogP contribution in [0.15, 0.2) is 70.6 Å². The third-order valence-electron chi connectivity index (χ3n) is 4.14. The van der Waals surface area contributed by atoms with Crippen LogP contribution < -0.4 is 15.6 Å². The summed E-state index contributed by atoms with van der Waals surface area (Å²) in [6.45, 7) is 4.09. The molecule has 1 atom stereocenters. The number of H-pyrrole nitrogens is 1. The highest BCUT2D eigenvalue weighted by Gasteiger charge is 2.20. The van der Waals surface area contributed by atoms with Crippen molar-refractivity contribution in [1.82, 2.24) is 9.97 Å². The molecule has 7 heteroatoms. The zero-order valence-electron chi connectivity index (χ0n) is 16.3. The molecule has 3 rings (SSSR count). The minimum atomic E-state index is -0.384. The van der Waals surface area contributed by atoms with Gasteiger partial charge in [-0.15, -0.1) is 0 Å². The Labute approximate surface area is 173 Å². The molecular formula is C22H23N3O3S. The van der Waals surface area contributed by atoms with Crippen molar-refractivity contribution < 1.29 is 9.53 Å². The van der Waals surface area contributed by atoms with E-state index < -0.39 is 0 Å². The van der Waals surface area contributed by atoms with Crippen molar-refractivity contribution in [2.75, 3.05) is 5.32 Å². The van der Waals surface area contributed by atoms with Gasteiger partial charge in [-0.2, -0.15) is 0 Å². The minimum Gasteiger partial charge on any atom is -0.487 e. The van der Waals surface area contributed by atoms with E-state index >= 15 is 0 Å². The smallest absolute Gasteiger partial charge is 0.251 e. The van der Waals surface area contributed by atoms with E-state index in [1.54, 1.807) is 0 Å². The third-order valence-corrected chi connectivity index (χ3v) is 5.39. The Bertz CT molecular complexity index is 1000. The van der Waals surface area contributed by atoms with Gasteiger partial charge >= 0.3 is 0 Å². The van der Waals surface area contributed by atoms with Crippen molar-refractivity contribution in [3.8, 4) is 5.75 Å². The monoisotopic (exact) mass is 409 g/mol. The van der Waals surface area contributed by atoms with E-state index in [1.807, 2.05) is 68.4 Å². The first-order valence-electron chi connectivity index (χ1n) is 9.36. The molecule has 0 aliphatic heterocycles. The van der Waals surface area contributed by atoms with Crippen LogP contribution in [0.25, 0.3) is 0 Å². The van der Waals surface area contributed by atoms with Crippen molar-refractivity contribution in [3.05, 3.63) is 82.3 Å². The van der Waals surface area contributed by atoms with Gasteiger partial charge in [0.2, 0.25) is 5.91 Å².